The number of methoxy groups -OCH3 is 2. The van der Waals surface area contributed by atoms with Crippen molar-refractivity contribution in [3.8, 4) is 22.6 Å². The number of esters is 1. The highest BCUT2D eigenvalue weighted by atomic mass is 19.1. The Balaban J connectivity index is 1.85. The fraction of sp³-hybridized carbons (Fsp3) is 0.296. The van der Waals surface area contributed by atoms with Crippen LogP contribution < -0.4 is 4.74 Å². The van der Waals surface area contributed by atoms with E-state index < -0.39 is 17.7 Å². The molecule has 3 aromatic rings. The number of para-hydroxylation sites is 1. The Labute approximate surface area is 194 Å². The van der Waals surface area contributed by atoms with Crippen molar-refractivity contribution in [1.29, 1.82) is 0 Å². The van der Waals surface area contributed by atoms with Crippen molar-refractivity contribution in [3.05, 3.63) is 83.2 Å². The molecule has 5 nitrogen and oxygen atoms in total. The van der Waals surface area contributed by atoms with E-state index in [1.54, 1.807) is 38.3 Å². The Hall–Kier alpha value is -3.38. The average Bonchev–Trinajstić information content (AvgIpc) is 2.84. The first-order valence-electron chi connectivity index (χ1n) is 10.9. The minimum absolute atomic E-state index is 0.161. The van der Waals surface area contributed by atoms with Crippen LogP contribution in [0.2, 0.25) is 0 Å². The minimum atomic E-state index is -0.554. The van der Waals surface area contributed by atoms with E-state index in [9.17, 15) is 14.3 Å². The summed E-state index contributed by atoms with van der Waals surface area (Å²) >= 11 is 0. The smallest absolute Gasteiger partial charge is 0.312 e. The Bertz CT molecular complexity index is 1120. The standard InChI is InChI=1S/C27H30FNO4/c1-5-29(16-21-8-6-7-9-26(21)32-3)17-22-14-20(11-13-25(22)30)23-12-10-19(15-24(23)28)18(2)27(31)33-4/h6-15,18,30H,5,16-17H2,1-4H3. The van der Waals surface area contributed by atoms with Crippen molar-refractivity contribution >= 4 is 5.97 Å². The van der Waals surface area contributed by atoms with Gasteiger partial charge in [-0.15, -0.1) is 0 Å². The molecule has 1 atom stereocenters. The van der Waals surface area contributed by atoms with Gasteiger partial charge < -0.3 is 14.6 Å². The first-order chi connectivity index (χ1) is 15.9. The number of nitrogens with zero attached hydrogens (tertiary/aromatic N) is 1. The maximum atomic E-state index is 15.0. The van der Waals surface area contributed by atoms with Crippen LogP contribution in [0.5, 0.6) is 11.5 Å². The molecule has 0 bridgehead atoms. The van der Waals surface area contributed by atoms with Gasteiger partial charge in [0.15, 0.2) is 0 Å². The zero-order chi connectivity index (χ0) is 24.0. The van der Waals surface area contributed by atoms with Gasteiger partial charge in [0.05, 0.1) is 20.1 Å². The molecule has 0 fully saturated rings. The van der Waals surface area contributed by atoms with Gasteiger partial charge in [0.25, 0.3) is 0 Å². The average molecular weight is 452 g/mol. The largest absolute Gasteiger partial charge is 0.508 e. The van der Waals surface area contributed by atoms with Crippen LogP contribution in [0.3, 0.4) is 0 Å². The third-order valence-electron chi connectivity index (χ3n) is 5.87. The molecule has 0 aromatic heterocycles. The molecule has 33 heavy (non-hydrogen) atoms. The maximum Gasteiger partial charge on any atom is 0.312 e. The van der Waals surface area contributed by atoms with E-state index >= 15 is 0 Å². The summed E-state index contributed by atoms with van der Waals surface area (Å²) in [6.07, 6.45) is 0. The molecule has 6 heteroatoms. The van der Waals surface area contributed by atoms with Crippen LogP contribution in [0, 0.1) is 5.82 Å². The maximum absolute atomic E-state index is 15.0. The second-order valence-corrected chi connectivity index (χ2v) is 7.94. The number of carbonyl (C=O) groups excluding carboxylic acids is 1. The van der Waals surface area contributed by atoms with E-state index in [4.69, 9.17) is 9.47 Å². The van der Waals surface area contributed by atoms with Crippen molar-refractivity contribution in [2.24, 2.45) is 0 Å². The molecule has 0 saturated heterocycles. The summed E-state index contributed by atoms with van der Waals surface area (Å²) in [6.45, 7) is 5.64. The molecule has 0 aliphatic heterocycles. The highest BCUT2D eigenvalue weighted by Gasteiger charge is 2.18. The number of phenolic OH excluding ortho intramolecular Hbond substituents is 1. The van der Waals surface area contributed by atoms with Gasteiger partial charge in [0.2, 0.25) is 0 Å². The van der Waals surface area contributed by atoms with E-state index in [2.05, 4.69) is 11.8 Å². The number of aromatic hydroxyl groups is 1. The SMILES string of the molecule is CCN(Cc1cc(-c2ccc(C(C)C(=O)OC)cc2F)ccc1O)Cc1ccccc1OC. The molecule has 1 N–H and O–H groups in total. The Morgan fingerprint density at radius 1 is 1.03 bits per heavy atom. The lowest BCUT2D eigenvalue weighted by molar-refractivity contribution is -0.141. The number of rotatable bonds is 9. The van der Waals surface area contributed by atoms with Gasteiger partial charge in [-0.3, -0.25) is 9.69 Å². The molecule has 3 aromatic carbocycles. The highest BCUT2D eigenvalue weighted by molar-refractivity contribution is 5.78. The van der Waals surface area contributed by atoms with Gasteiger partial charge in [0.1, 0.15) is 17.3 Å². The van der Waals surface area contributed by atoms with Crippen LogP contribution >= 0.6 is 0 Å². The number of phenols is 1. The Morgan fingerprint density at radius 2 is 1.76 bits per heavy atom. The van der Waals surface area contributed by atoms with Crippen LogP contribution in [0.1, 0.15) is 36.5 Å². The fourth-order valence-corrected chi connectivity index (χ4v) is 3.82. The molecule has 0 aliphatic rings. The lowest BCUT2D eigenvalue weighted by atomic mass is 9.96. The van der Waals surface area contributed by atoms with Crippen molar-refractivity contribution in [2.75, 3.05) is 20.8 Å². The van der Waals surface area contributed by atoms with Crippen molar-refractivity contribution < 1.29 is 23.8 Å². The van der Waals surface area contributed by atoms with E-state index in [-0.39, 0.29) is 5.75 Å². The predicted molar refractivity (Wildman–Crippen MR) is 127 cm³/mol. The Kier molecular flexibility index (Phi) is 8.06. The van der Waals surface area contributed by atoms with Gasteiger partial charge in [0, 0.05) is 29.8 Å². The molecular formula is C27H30FNO4. The lowest BCUT2D eigenvalue weighted by Gasteiger charge is -2.22. The molecule has 0 spiro atoms. The number of carbonyl (C=O) groups is 1. The number of ether oxygens (including phenoxy) is 2. The zero-order valence-electron chi connectivity index (χ0n) is 19.5. The monoisotopic (exact) mass is 451 g/mol. The summed E-state index contributed by atoms with van der Waals surface area (Å²) in [5.74, 6) is -0.419. The fourth-order valence-electron chi connectivity index (χ4n) is 3.82. The normalized spacial score (nSPS) is 11.9. The molecule has 0 radical (unpaired) electrons. The molecule has 1 unspecified atom stereocenters. The highest BCUT2D eigenvalue weighted by Crippen LogP contribution is 2.31. The number of benzene rings is 3. The van der Waals surface area contributed by atoms with Gasteiger partial charge in [-0.05, 0) is 48.9 Å². The number of hydrogen-bond acceptors (Lipinski definition) is 5. The number of hydrogen-bond donors (Lipinski definition) is 1. The van der Waals surface area contributed by atoms with Crippen LogP contribution in [0.15, 0.2) is 60.7 Å². The Morgan fingerprint density at radius 3 is 2.42 bits per heavy atom. The van der Waals surface area contributed by atoms with Crippen LogP contribution in [0.25, 0.3) is 11.1 Å². The topological polar surface area (TPSA) is 59.0 Å². The van der Waals surface area contributed by atoms with E-state index in [0.717, 1.165) is 17.9 Å². The zero-order valence-corrected chi connectivity index (χ0v) is 19.5. The first-order valence-corrected chi connectivity index (χ1v) is 10.9. The third kappa shape index (κ3) is 5.71. The summed E-state index contributed by atoms with van der Waals surface area (Å²) in [5, 5.41) is 10.5. The predicted octanol–water partition coefficient (Wildman–Crippen LogP) is 5.51. The summed E-state index contributed by atoms with van der Waals surface area (Å²) < 4.78 is 25.2. The van der Waals surface area contributed by atoms with Gasteiger partial charge >= 0.3 is 5.97 Å². The molecule has 174 valence electrons. The van der Waals surface area contributed by atoms with Crippen molar-refractivity contribution in [3.63, 3.8) is 0 Å². The van der Waals surface area contributed by atoms with Crippen LogP contribution in [0.4, 0.5) is 4.39 Å². The molecule has 0 aliphatic carbocycles. The first kappa shape index (κ1) is 24.3. The van der Waals surface area contributed by atoms with Crippen LogP contribution in [-0.2, 0) is 22.6 Å². The summed E-state index contributed by atoms with van der Waals surface area (Å²) in [7, 11) is 2.96. The van der Waals surface area contributed by atoms with Crippen molar-refractivity contribution in [1.82, 2.24) is 4.90 Å². The number of halogens is 1. The second kappa shape index (κ2) is 11.0. The minimum Gasteiger partial charge on any atom is -0.508 e. The van der Waals surface area contributed by atoms with E-state index in [1.165, 1.54) is 13.2 Å². The van der Waals surface area contributed by atoms with Gasteiger partial charge in [-0.25, -0.2) is 4.39 Å². The van der Waals surface area contributed by atoms with Gasteiger partial charge in [-0.2, -0.15) is 0 Å². The molecule has 0 heterocycles. The summed E-state index contributed by atoms with van der Waals surface area (Å²) in [6, 6.07) is 17.7. The third-order valence-corrected chi connectivity index (χ3v) is 5.87. The second-order valence-electron chi connectivity index (χ2n) is 7.94. The summed E-state index contributed by atoms with van der Waals surface area (Å²) in [5.41, 5.74) is 3.38. The van der Waals surface area contributed by atoms with Crippen LogP contribution in [-0.4, -0.2) is 36.7 Å². The molecule has 3 rings (SSSR count). The van der Waals surface area contributed by atoms with Gasteiger partial charge in [-0.1, -0.05) is 43.3 Å². The van der Waals surface area contributed by atoms with Crippen molar-refractivity contribution in [2.45, 2.75) is 32.9 Å². The van der Waals surface area contributed by atoms with E-state index in [1.807, 2.05) is 30.3 Å². The molecule has 0 saturated carbocycles. The quantitative estimate of drug-likeness (QED) is 0.435. The summed E-state index contributed by atoms with van der Waals surface area (Å²) in [4.78, 5) is 14.0. The van der Waals surface area contributed by atoms with E-state index in [0.29, 0.717) is 35.3 Å². The molecule has 0 amide bonds. The lowest BCUT2D eigenvalue weighted by Crippen LogP contribution is -2.22. The molecular weight excluding hydrogens is 421 g/mol.